The molecule has 5 heteroatoms. The van der Waals surface area contributed by atoms with Crippen molar-refractivity contribution >= 4 is 18.7 Å². The number of hydrogen-bond donors (Lipinski definition) is 1. The third kappa shape index (κ3) is 7.02. The SMILES string of the molecule is CC(C)CO[C@@H](CO[C@H]1CCC[C@@H](O)C1)CO[Si](c1ccccc1)(c1ccccc1)C(C)(C)C. The van der Waals surface area contributed by atoms with Gasteiger partial charge in [-0.15, -0.1) is 0 Å². The van der Waals surface area contributed by atoms with E-state index in [1.54, 1.807) is 0 Å². The summed E-state index contributed by atoms with van der Waals surface area (Å²) in [5.74, 6) is 0.437. The lowest BCUT2D eigenvalue weighted by atomic mass is 9.95. The van der Waals surface area contributed by atoms with E-state index in [4.69, 9.17) is 13.9 Å². The number of ether oxygens (including phenoxy) is 2. The van der Waals surface area contributed by atoms with E-state index in [0.717, 1.165) is 19.3 Å². The molecule has 34 heavy (non-hydrogen) atoms. The van der Waals surface area contributed by atoms with Gasteiger partial charge in [-0.05, 0) is 47.0 Å². The van der Waals surface area contributed by atoms with Crippen molar-refractivity contribution in [1.82, 2.24) is 0 Å². The zero-order valence-corrected chi connectivity index (χ0v) is 22.7. The summed E-state index contributed by atoms with van der Waals surface area (Å²) in [6.45, 7) is 12.9. The van der Waals surface area contributed by atoms with Crippen LogP contribution in [0, 0.1) is 5.92 Å². The van der Waals surface area contributed by atoms with Crippen LogP contribution in [0.15, 0.2) is 60.7 Å². The van der Waals surface area contributed by atoms with Crippen molar-refractivity contribution in [2.45, 2.75) is 83.7 Å². The molecular formula is C29H44O4Si. The summed E-state index contributed by atoms with van der Waals surface area (Å²) in [5, 5.41) is 12.5. The van der Waals surface area contributed by atoms with Crippen molar-refractivity contribution in [2.24, 2.45) is 5.92 Å². The quantitative estimate of drug-likeness (QED) is 0.460. The average Bonchev–Trinajstić information content (AvgIpc) is 2.81. The average molecular weight is 485 g/mol. The molecule has 0 saturated heterocycles. The Morgan fingerprint density at radius 2 is 1.47 bits per heavy atom. The van der Waals surface area contributed by atoms with E-state index in [2.05, 4.69) is 95.3 Å². The highest BCUT2D eigenvalue weighted by Crippen LogP contribution is 2.37. The minimum atomic E-state index is -2.62. The van der Waals surface area contributed by atoms with Crippen molar-refractivity contribution in [3.8, 4) is 0 Å². The summed E-state index contributed by atoms with van der Waals surface area (Å²) >= 11 is 0. The maximum absolute atomic E-state index is 10.0. The van der Waals surface area contributed by atoms with Crippen LogP contribution in [0.2, 0.25) is 5.04 Å². The van der Waals surface area contributed by atoms with Crippen LogP contribution < -0.4 is 10.4 Å². The third-order valence-electron chi connectivity index (χ3n) is 6.68. The van der Waals surface area contributed by atoms with E-state index < -0.39 is 8.32 Å². The molecule has 0 unspecified atom stereocenters. The van der Waals surface area contributed by atoms with Gasteiger partial charge in [-0.1, -0.05) is 95.3 Å². The monoisotopic (exact) mass is 484 g/mol. The van der Waals surface area contributed by atoms with Crippen LogP contribution in [0.3, 0.4) is 0 Å². The fourth-order valence-electron chi connectivity index (χ4n) is 4.97. The molecule has 2 aromatic carbocycles. The summed E-state index contributed by atoms with van der Waals surface area (Å²) < 4.78 is 19.7. The zero-order chi connectivity index (χ0) is 24.6. The van der Waals surface area contributed by atoms with E-state index in [0.29, 0.717) is 32.2 Å². The molecule has 1 aliphatic rings. The summed E-state index contributed by atoms with van der Waals surface area (Å²) in [4.78, 5) is 0. The molecule has 0 spiro atoms. The van der Waals surface area contributed by atoms with Crippen molar-refractivity contribution in [2.75, 3.05) is 19.8 Å². The number of hydrogen-bond acceptors (Lipinski definition) is 4. The topological polar surface area (TPSA) is 47.9 Å². The lowest BCUT2D eigenvalue weighted by Gasteiger charge is -2.43. The minimum absolute atomic E-state index is 0.0767. The van der Waals surface area contributed by atoms with Gasteiger partial charge in [-0.3, -0.25) is 0 Å². The predicted molar refractivity (Wildman–Crippen MR) is 142 cm³/mol. The van der Waals surface area contributed by atoms with Crippen LogP contribution in [-0.4, -0.2) is 51.6 Å². The Balaban J connectivity index is 1.85. The minimum Gasteiger partial charge on any atom is -0.405 e. The van der Waals surface area contributed by atoms with Crippen LogP contribution in [0.1, 0.15) is 60.3 Å². The highest BCUT2D eigenvalue weighted by atomic mass is 28.4. The zero-order valence-electron chi connectivity index (χ0n) is 21.7. The van der Waals surface area contributed by atoms with Gasteiger partial charge in [0.15, 0.2) is 0 Å². The molecule has 0 bridgehead atoms. The molecule has 0 radical (unpaired) electrons. The Labute approximate surface area is 207 Å². The first-order valence-corrected chi connectivity index (χ1v) is 14.8. The van der Waals surface area contributed by atoms with Gasteiger partial charge in [0.25, 0.3) is 8.32 Å². The second-order valence-corrected chi connectivity index (χ2v) is 15.4. The Morgan fingerprint density at radius 1 is 0.882 bits per heavy atom. The standard InChI is InChI=1S/C29H44O4Si/c1-23(2)20-31-26(21-32-25-14-12-13-24(30)19-25)22-33-34(29(3,4)5,27-15-8-6-9-16-27)28-17-10-7-11-18-28/h6-11,15-18,23-26,30H,12-14,19-22H2,1-5H3/t24-,25+,26+/m1/s1. The number of rotatable bonds is 11. The fraction of sp³-hybridized carbons (Fsp3) is 0.586. The molecule has 0 amide bonds. The number of benzene rings is 2. The van der Waals surface area contributed by atoms with Gasteiger partial charge in [0, 0.05) is 6.61 Å². The van der Waals surface area contributed by atoms with E-state index in [1.807, 2.05) is 0 Å². The van der Waals surface area contributed by atoms with Crippen LogP contribution in [0.25, 0.3) is 0 Å². The van der Waals surface area contributed by atoms with Gasteiger partial charge in [0.1, 0.15) is 6.10 Å². The maximum Gasteiger partial charge on any atom is 0.261 e. The normalized spacial score (nSPS) is 20.4. The number of aliphatic hydroxyl groups excluding tert-OH is 1. The first-order valence-electron chi connectivity index (χ1n) is 12.9. The van der Waals surface area contributed by atoms with Crippen molar-refractivity contribution < 1.29 is 19.0 Å². The molecule has 1 aliphatic carbocycles. The van der Waals surface area contributed by atoms with Gasteiger partial charge in [-0.2, -0.15) is 0 Å². The first-order chi connectivity index (χ1) is 16.2. The second-order valence-electron chi connectivity index (χ2n) is 11.1. The molecule has 0 aromatic heterocycles. The molecule has 1 saturated carbocycles. The van der Waals surface area contributed by atoms with E-state index in [1.165, 1.54) is 10.4 Å². The van der Waals surface area contributed by atoms with Gasteiger partial charge >= 0.3 is 0 Å². The predicted octanol–water partition coefficient (Wildman–Crippen LogP) is 4.92. The molecule has 1 fully saturated rings. The number of aliphatic hydroxyl groups is 1. The van der Waals surface area contributed by atoms with Gasteiger partial charge in [0.2, 0.25) is 0 Å². The Bertz CT molecular complexity index is 795. The highest BCUT2D eigenvalue weighted by Gasteiger charge is 2.50. The third-order valence-corrected chi connectivity index (χ3v) is 11.7. The van der Waals surface area contributed by atoms with Gasteiger partial charge in [0.05, 0.1) is 25.4 Å². The van der Waals surface area contributed by atoms with Crippen molar-refractivity contribution in [3.05, 3.63) is 60.7 Å². The highest BCUT2D eigenvalue weighted by molar-refractivity contribution is 6.99. The summed E-state index contributed by atoms with van der Waals surface area (Å²) in [6.07, 6.45) is 3.31. The maximum atomic E-state index is 10.0. The summed E-state index contributed by atoms with van der Waals surface area (Å²) in [6, 6.07) is 21.4. The summed E-state index contributed by atoms with van der Waals surface area (Å²) in [5.41, 5.74) is 0. The molecule has 3 atom stereocenters. The lowest BCUT2D eigenvalue weighted by molar-refractivity contribution is -0.0844. The molecule has 3 rings (SSSR count). The van der Waals surface area contributed by atoms with Crippen LogP contribution in [0.5, 0.6) is 0 Å². The first kappa shape index (κ1) is 27.1. The summed E-state index contributed by atoms with van der Waals surface area (Å²) in [7, 11) is -2.62. The van der Waals surface area contributed by atoms with Crippen LogP contribution in [-0.2, 0) is 13.9 Å². The molecule has 188 valence electrons. The van der Waals surface area contributed by atoms with E-state index >= 15 is 0 Å². The van der Waals surface area contributed by atoms with Crippen molar-refractivity contribution in [3.63, 3.8) is 0 Å². The van der Waals surface area contributed by atoms with Crippen LogP contribution >= 0.6 is 0 Å². The molecule has 2 aromatic rings. The molecular weight excluding hydrogens is 440 g/mol. The molecule has 1 N–H and O–H groups in total. The molecule has 4 nitrogen and oxygen atoms in total. The van der Waals surface area contributed by atoms with Gasteiger partial charge in [-0.25, -0.2) is 0 Å². The lowest BCUT2D eigenvalue weighted by Crippen LogP contribution is -2.67. The van der Waals surface area contributed by atoms with Gasteiger partial charge < -0.3 is 19.0 Å². The fourth-order valence-corrected chi connectivity index (χ4v) is 9.56. The van der Waals surface area contributed by atoms with E-state index in [-0.39, 0.29) is 23.4 Å². The largest absolute Gasteiger partial charge is 0.405 e. The Morgan fingerprint density at radius 3 is 1.97 bits per heavy atom. The molecule has 0 heterocycles. The smallest absolute Gasteiger partial charge is 0.261 e. The van der Waals surface area contributed by atoms with Crippen molar-refractivity contribution in [1.29, 1.82) is 0 Å². The van der Waals surface area contributed by atoms with E-state index in [9.17, 15) is 5.11 Å². The van der Waals surface area contributed by atoms with Crippen LogP contribution in [0.4, 0.5) is 0 Å². The Kier molecular flexibility index (Phi) is 9.92. The second kappa shape index (κ2) is 12.5. The Hall–Kier alpha value is -1.50. The molecule has 0 aliphatic heterocycles.